The molecular formula is C17H21NO3S. The number of hydrogen-bond acceptors (Lipinski definition) is 5. The van der Waals surface area contributed by atoms with E-state index >= 15 is 0 Å². The van der Waals surface area contributed by atoms with Crippen LogP contribution < -0.4 is 0 Å². The summed E-state index contributed by atoms with van der Waals surface area (Å²) in [5.41, 5.74) is 1.54. The fourth-order valence-electron chi connectivity index (χ4n) is 2.09. The third kappa shape index (κ3) is 4.55. The molecule has 0 unspecified atom stereocenters. The van der Waals surface area contributed by atoms with Gasteiger partial charge < -0.3 is 15.3 Å². The maximum absolute atomic E-state index is 10.4. The second-order valence-electron chi connectivity index (χ2n) is 5.25. The molecule has 0 aliphatic carbocycles. The molecule has 3 atom stereocenters. The Morgan fingerprint density at radius 2 is 1.82 bits per heavy atom. The average Bonchev–Trinajstić information content (AvgIpc) is 2.59. The van der Waals surface area contributed by atoms with Crippen molar-refractivity contribution in [3.05, 3.63) is 59.8 Å². The van der Waals surface area contributed by atoms with Gasteiger partial charge in [-0.25, -0.2) is 4.98 Å². The van der Waals surface area contributed by atoms with E-state index in [-0.39, 0.29) is 12.5 Å². The molecule has 0 spiro atoms. The van der Waals surface area contributed by atoms with E-state index in [2.05, 4.69) is 4.98 Å². The first-order chi connectivity index (χ1) is 10.6. The molecule has 0 aliphatic heterocycles. The second-order valence-corrected chi connectivity index (χ2v) is 6.29. The van der Waals surface area contributed by atoms with Gasteiger partial charge in [-0.3, -0.25) is 0 Å². The van der Waals surface area contributed by atoms with Crippen LogP contribution >= 0.6 is 11.8 Å². The van der Waals surface area contributed by atoms with Crippen LogP contribution in [0, 0.1) is 5.92 Å². The number of benzene rings is 1. The standard InChI is InChI=1S/C17H21NO3S/c1-12(15(20)11-22-16-4-2-3-9-18-16)17(21)14-7-5-13(10-19)6-8-14/h2-9,12,15,17,19-21H,10-11H2,1H3/t12-,15+,17+/m0/s1. The summed E-state index contributed by atoms with van der Waals surface area (Å²) < 4.78 is 0. The van der Waals surface area contributed by atoms with Crippen LogP contribution in [-0.4, -0.2) is 32.2 Å². The largest absolute Gasteiger partial charge is 0.392 e. The minimum atomic E-state index is -0.743. The number of nitrogens with zero attached hydrogens (tertiary/aromatic N) is 1. The monoisotopic (exact) mass is 319 g/mol. The number of aliphatic hydroxyl groups excluding tert-OH is 3. The second kappa shape index (κ2) is 8.29. The summed E-state index contributed by atoms with van der Waals surface area (Å²) in [6.45, 7) is 1.81. The highest BCUT2D eigenvalue weighted by Crippen LogP contribution is 2.27. The van der Waals surface area contributed by atoms with Gasteiger partial charge in [0, 0.05) is 17.9 Å². The number of aromatic nitrogens is 1. The first-order valence-electron chi connectivity index (χ1n) is 7.21. The molecule has 2 aromatic rings. The van der Waals surface area contributed by atoms with Crippen molar-refractivity contribution in [2.45, 2.75) is 30.8 Å². The highest BCUT2D eigenvalue weighted by molar-refractivity contribution is 7.99. The zero-order valence-electron chi connectivity index (χ0n) is 12.5. The molecule has 1 heterocycles. The predicted molar refractivity (Wildman–Crippen MR) is 87.5 cm³/mol. The van der Waals surface area contributed by atoms with E-state index in [4.69, 9.17) is 5.11 Å². The van der Waals surface area contributed by atoms with E-state index in [9.17, 15) is 10.2 Å². The maximum atomic E-state index is 10.4. The topological polar surface area (TPSA) is 73.6 Å². The lowest BCUT2D eigenvalue weighted by atomic mass is 9.93. The molecule has 1 aromatic carbocycles. The maximum Gasteiger partial charge on any atom is 0.0960 e. The van der Waals surface area contributed by atoms with Crippen molar-refractivity contribution < 1.29 is 15.3 Å². The zero-order chi connectivity index (χ0) is 15.9. The molecule has 1 aromatic heterocycles. The third-order valence-electron chi connectivity index (χ3n) is 3.65. The summed E-state index contributed by atoms with van der Waals surface area (Å²) in [4.78, 5) is 4.20. The molecule has 22 heavy (non-hydrogen) atoms. The molecule has 0 amide bonds. The third-order valence-corrected chi connectivity index (χ3v) is 4.69. The molecule has 0 aliphatic rings. The molecule has 2 rings (SSSR count). The predicted octanol–water partition coefficient (Wildman–Crippen LogP) is 2.40. The van der Waals surface area contributed by atoms with Crippen LogP contribution in [0.15, 0.2) is 53.7 Å². The van der Waals surface area contributed by atoms with Crippen LogP contribution in [0.25, 0.3) is 0 Å². The number of aliphatic hydroxyl groups is 3. The summed E-state index contributed by atoms with van der Waals surface area (Å²) >= 11 is 1.47. The summed E-state index contributed by atoms with van der Waals surface area (Å²) in [5.74, 6) is 0.181. The fourth-order valence-corrected chi connectivity index (χ4v) is 3.04. The summed E-state index contributed by atoms with van der Waals surface area (Å²) in [6.07, 6.45) is 0.335. The minimum absolute atomic E-state index is 0.0186. The minimum Gasteiger partial charge on any atom is -0.392 e. The Hall–Kier alpha value is -1.40. The molecule has 0 fully saturated rings. The first-order valence-corrected chi connectivity index (χ1v) is 8.20. The quantitative estimate of drug-likeness (QED) is 0.683. The van der Waals surface area contributed by atoms with Gasteiger partial charge in [-0.2, -0.15) is 0 Å². The lowest BCUT2D eigenvalue weighted by Crippen LogP contribution is -2.26. The normalized spacial score (nSPS) is 15.3. The zero-order valence-corrected chi connectivity index (χ0v) is 13.3. The summed E-state index contributed by atoms with van der Waals surface area (Å²) in [7, 11) is 0. The van der Waals surface area contributed by atoms with Gasteiger partial charge in [0.1, 0.15) is 0 Å². The van der Waals surface area contributed by atoms with Crippen LogP contribution in [0.3, 0.4) is 0 Å². The molecule has 118 valence electrons. The smallest absolute Gasteiger partial charge is 0.0960 e. The van der Waals surface area contributed by atoms with Gasteiger partial charge in [0.05, 0.1) is 23.8 Å². The lowest BCUT2D eigenvalue weighted by molar-refractivity contribution is 0.0330. The Kier molecular flexibility index (Phi) is 6.39. The van der Waals surface area contributed by atoms with E-state index in [1.165, 1.54) is 11.8 Å². The van der Waals surface area contributed by atoms with Gasteiger partial charge in [-0.15, -0.1) is 11.8 Å². The number of thioether (sulfide) groups is 1. The van der Waals surface area contributed by atoms with E-state index in [0.717, 1.165) is 16.2 Å². The average molecular weight is 319 g/mol. The Morgan fingerprint density at radius 3 is 2.41 bits per heavy atom. The van der Waals surface area contributed by atoms with Gasteiger partial charge in [0.15, 0.2) is 0 Å². The van der Waals surface area contributed by atoms with E-state index in [1.807, 2.05) is 25.1 Å². The number of pyridine rings is 1. The van der Waals surface area contributed by atoms with Gasteiger partial charge in [-0.05, 0) is 23.3 Å². The molecular weight excluding hydrogens is 298 g/mol. The van der Waals surface area contributed by atoms with Crippen LogP contribution in [0.5, 0.6) is 0 Å². The van der Waals surface area contributed by atoms with Crippen LogP contribution in [0.2, 0.25) is 0 Å². The Morgan fingerprint density at radius 1 is 1.09 bits per heavy atom. The van der Waals surface area contributed by atoms with Crippen LogP contribution in [0.4, 0.5) is 0 Å². The van der Waals surface area contributed by atoms with Gasteiger partial charge >= 0.3 is 0 Å². The van der Waals surface area contributed by atoms with E-state index < -0.39 is 12.2 Å². The Bertz CT molecular complexity index is 562. The lowest BCUT2D eigenvalue weighted by Gasteiger charge is -2.24. The number of hydrogen-bond donors (Lipinski definition) is 3. The SMILES string of the molecule is C[C@@H]([C@H](O)CSc1ccccn1)[C@@H](O)c1ccc(CO)cc1. The van der Waals surface area contributed by atoms with Crippen molar-refractivity contribution >= 4 is 11.8 Å². The highest BCUT2D eigenvalue weighted by atomic mass is 32.2. The van der Waals surface area contributed by atoms with Gasteiger partial charge in [0.25, 0.3) is 0 Å². The van der Waals surface area contributed by atoms with E-state index in [1.54, 1.807) is 30.5 Å². The van der Waals surface area contributed by atoms with Crippen molar-refractivity contribution in [1.82, 2.24) is 4.98 Å². The van der Waals surface area contributed by atoms with Crippen LogP contribution in [0.1, 0.15) is 24.2 Å². The summed E-state index contributed by atoms with van der Waals surface area (Å²) in [6, 6.07) is 12.8. The molecule has 5 heteroatoms. The first kappa shape index (κ1) is 17.0. The van der Waals surface area contributed by atoms with Crippen molar-refractivity contribution in [1.29, 1.82) is 0 Å². The molecule has 0 saturated carbocycles. The number of rotatable bonds is 7. The fraction of sp³-hybridized carbons (Fsp3) is 0.353. The summed E-state index contributed by atoms with van der Waals surface area (Å²) in [5, 5.41) is 30.5. The molecule has 0 saturated heterocycles. The van der Waals surface area contributed by atoms with Crippen LogP contribution in [-0.2, 0) is 6.61 Å². The van der Waals surface area contributed by atoms with Gasteiger partial charge in [-0.1, -0.05) is 37.3 Å². The van der Waals surface area contributed by atoms with E-state index in [0.29, 0.717) is 5.75 Å². The van der Waals surface area contributed by atoms with Crippen molar-refractivity contribution in [2.24, 2.45) is 5.92 Å². The Balaban J connectivity index is 1.92. The van der Waals surface area contributed by atoms with Crippen molar-refractivity contribution in [3.63, 3.8) is 0 Å². The molecule has 3 N–H and O–H groups in total. The van der Waals surface area contributed by atoms with Gasteiger partial charge in [0.2, 0.25) is 0 Å². The Labute approximate surface area is 134 Å². The molecule has 4 nitrogen and oxygen atoms in total. The molecule has 0 bridgehead atoms. The highest BCUT2D eigenvalue weighted by Gasteiger charge is 2.24. The molecule has 0 radical (unpaired) electrons. The van der Waals surface area contributed by atoms with Crippen molar-refractivity contribution in [3.8, 4) is 0 Å². The van der Waals surface area contributed by atoms with Crippen molar-refractivity contribution in [2.75, 3.05) is 5.75 Å².